The summed E-state index contributed by atoms with van der Waals surface area (Å²) < 4.78 is 32.3. The van der Waals surface area contributed by atoms with E-state index in [-0.39, 0.29) is 11.9 Å². The predicted molar refractivity (Wildman–Crippen MR) is 136 cm³/mol. The van der Waals surface area contributed by atoms with Gasteiger partial charge in [-0.25, -0.2) is 8.42 Å². The Kier molecular flexibility index (Phi) is 7.26. The van der Waals surface area contributed by atoms with Crippen LogP contribution >= 0.6 is 11.8 Å². The summed E-state index contributed by atoms with van der Waals surface area (Å²) in [4.78, 5) is 15.9. The lowest BCUT2D eigenvalue weighted by Gasteiger charge is -2.41. The van der Waals surface area contributed by atoms with E-state index in [0.717, 1.165) is 76.9 Å². The Morgan fingerprint density at radius 3 is 2.34 bits per heavy atom. The third kappa shape index (κ3) is 5.30. The van der Waals surface area contributed by atoms with Crippen molar-refractivity contribution in [3.63, 3.8) is 0 Å². The second-order valence-electron chi connectivity index (χ2n) is 10.8. The Balaban J connectivity index is 1.14. The van der Waals surface area contributed by atoms with E-state index in [4.69, 9.17) is 9.84 Å². The number of thioether (sulfide) groups is 1. The van der Waals surface area contributed by atoms with Crippen molar-refractivity contribution >= 4 is 27.7 Å². The van der Waals surface area contributed by atoms with Crippen molar-refractivity contribution < 1.29 is 17.9 Å². The highest BCUT2D eigenvalue weighted by molar-refractivity contribution is 8.01. The number of hydrogen-bond acceptors (Lipinski definition) is 7. The van der Waals surface area contributed by atoms with Crippen molar-refractivity contribution in [3.05, 3.63) is 11.3 Å². The first-order valence-corrected chi connectivity index (χ1v) is 15.7. The minimum absolute atomic E-state index is 0.141. The average Bonchev–Trinajstić information content (AvgIpc) is 3.35. The van der Waals surface area contributed by atoms with E-state index in [9.17, 15) is 13.2 Å². The second-order valence-corrected chi connectivity index (χ2v) is 14.3. The molecule has 0 spiro atoms. The monoisotopic (exact) mass is 525 g/mol. The van der Waals surface area contributed by atoms with Crippen molar-refractivity contribution in [1.82, 2.24) is 24.3 Å². The lowest BCUT2D eigenvalue weighted by molar-refractivity contribution is -0.124. The lowest BCUT2D eigenvalue weighted by atomic mass is 9.89. The van der Waals surface area contributed by atoms with E-state index >= 15 is 0 Å². The molecule has 1 aromatic rings. The van der Waals surface area contributed by atoms with Crippen LogP contribution < -0.4 is 5.32 Å². The minimum atomic E-state index is -3.10. The molecule has 5 rings (SSSR count). The summed E-state index contributed by atoms with van der Waals surface area (Å²) in [5.41, 5.74) is 2.28. The smallest absolute Gasteiger partial charge is 0.236 e. The molecular weight excluding hydrogens is 486 g/mol. The van der Waals surface area contributed by atoms with Gasteiger partial charge in [-0.05, 0) is 52.4 Å². The van der Waals surface area contributed by atoms with Crippen LogP contribution in [0, 0.1) is 6.92 Å². The molecule has 0 aromatic carbocycles. The number of ether oxygens (including phenoxy) is 1. The Morgan fingerprint density at radius 2 is 1.71 bits per heavy atom. The molecule has 4 heterocycles. The van der Waals surface area contributed by atoms with Gasteiger partial charge >= 0.3 is 0 Å². The van der Waals surface area contributed by atoms with Crippen molar-refractivity contribution in [2.24, 2.45) is 0 Å². The Labute approximate surface area is 213 Å². The number of sulfonamides is 1. The minimum Gasteiger partial charge on any atom is -0.381 e. The number of hydrogen-bond donors (Lipinski definition) is 1. The number of rotatable bonds is 5. The highest BCUT2D eigenvalue weighted by atomic mass is 32.2. The van der Waals surface area contributed by atoms with E-state index in [1.54, 1.807) is 16.1 Å². The third-order valence-corrected chi connectivity index (χ3v) is 11.0. The molecule has 0 radical (unpaired) electrons. The predicted octanol–water partition coefficient (Wildman–Crippen LogP) is 1.95. The molecule has 3 fully saturated rings. The Morgan fingerprint density at radius 1 is 1.06 bits per heavy atom. The van der Waals surface area contributed by atoms with Gasteiger partial charge in [0.1, 0.15) is 4.75 Å². The maximum absolute atomic E-state index is 13.5. The van der Waals surface area contributed by atoms with Crippen LogP contribution in [0.2, 0.25) is 0 Å². The summed E-state index contributed by atoms with van der Waals surface area (Å²) in [5.74, 6) is 0.141. The van der Waals surface area contributed by atoms with E-state index in [1.807, 2.05) is 0 Å². The highest BCUT2D eigenvalue weighted by Gasteiger charge is 2.45. The van der Waals surface area contributed by atoms with Crippen molar-refractivity contribution in [3.8, 4) is 0 Å². The van der Waals surface area contributed by atoms with Gasteiger partial charge in [-0.15, -0.1) is 0 Å². The zero-order chi connectivity index (χ0) is 24.8. The number of aromatic nitrogens is 2. The van der Waals surface area contributed by atoms with Crippen LogP contribution in [0.5, 0.6) is 0 Å². The molecule has 11 heteroatoms. The van der Waals surface area contributed by atoms with Gasteiger partial charge in [0.25, 0.3) is 0 Å². The molecule has 0 bridgehead atoms. The van der Waals surface area contributed by atoms with E-state index in [1.165, 1.54) is 16.8 Å². The van der Waals surface area contributed by atoms with Gasteiger partial charge < -0.3 is 10.1 Å². The summed E-state index contributed by atoms with van der Waals surface area (Å²) in [6, 6.07) is 1.06. The van der Waals surface area contributed by atoms with E-state index in [2.05, 4.69) is 28.7 Å². The van der Waals surface area contributed by atoms with Crippen LogP contribution in [0.3, 0.4) is 0 Å². The fourth-order valence-corrected chi connectivity index (χ4v) is 8.33. The Bertz CT molecular complexity index is 1040. The number of carbonyl (C=O) groups excluding carboxylic acids is 1. The van der Waals surface area contributed by atoms with Crippen LogP contribution in [0.25, 0.3) is 0 Å². The maximum Gasteiger partial charge on any atom is 0.236 e. The fourth-order valence-electron chi connectivity index (χ4n) is 6.09. The molecule has 196 valence electrons. The molecule has 1 amide bonds. The van der Waals surface area contributed by atoms with Gasteiger partial charge in [-0.2, -0.15) is 9.40 Å². The van der Waals surface area contributed by atoms with Crippen LogP contribution in [0.15, 0.2) is 5.03 Å². The summed E-state index contributed by atoms with van der Waals surface area (Å²) in [6.45, 7) is 8.44. The first kappa shape index (κ1) is 25.5. The number of carbonyl (C=O) groups is 1. The zero-order valence-corrected chi connectivity index (χ0v) is 22.8. The topological polar surface area (TPSA) is 96.8 Å². The van der Waals surface area contributed by atoms with Gasteiger partial charge in [0.2, 0.25) is 15.9 Å². The summed E-state index contributed by atoms with van der Waals surface area (Å²) in [6.07, 6.45) is 8.02. The maximum atomic E-state index is 13.5. The zero-order valence-electron chi connectivity index (χ0n) is 21.2. The summed E-state index contributed by atoms with van der Waals surface area (Å²) >= 11 is 1.69. The molecule has 1 aliphatic carbocycles. The van der Waals surface area contributed by atoms with E-state index in [0.29, 0.717) is 25.2 Å². The Hall–Kier alpha value is -1.14. The summed E-state index contributed by atoms with van der Waals surface area (Å²) in [7, 11) is -3.10. The molecule has 4 aliphatic rings. The lowest BCUT2D eigenvalue weighted by Crippen LogP contribution is -2.54. The van der Waals surface area contributed by atoms with Crippen molar-refractivity contribution in [2.45, 2.75) is 86.7 Å². The van der Waals surface area contributed by atoms with Crippen molar-refractivity contribution in [2.75, 3.05) is 45.6 Å². The normalized spacial score (nSPS) is 31.4. The molecule has 1 atom stereocenters. The largest absolute Gasteiger partial charge is 0.381 e. The van der Waals surface area contributed by atoms with Gasteiger partial charge in [0.05, 0.1) is 23.0 Å². The SMILES string of the molecule is Cc1nn(C2CCOCC2)c2c1C[C@@](C)(C(=O)NC1CCC(N3CCN(S(C)(=O)=O)CC3)CC1)S2. The standard InChI is InChI=1S/C24H39N5O4S2/c1-17-21-16-24(2,34-22(21)29(26-17)20-8-14-33-15-9-20)23(30)25-18-4-6-19(7-5-18)27-10-12-28(13-11-27)35(3,31)32/h18-20H,4-16H2,1-3H3,(H,25,30)/t18?,19?,24-/m0/s1. The highest BCUT2D eigenvalue weighted by Crippen LogP contribution is 2.48. The van der Waals surface area contributed by atoms with E-state index < -0.39 is 14.8 Å². The van der Waals surface area contributed by atoms with Gasteiger partial charge in [0, 0.05) is 63.5 Å². The molecule has 1 N–H and O–H groups in total. The van der Waals surface area contributed by atoms with Crippen LogP contribution in [-0.2, 0) is 26.0 Å². The molecule has 3 aliphatic heterocycles. The summed E-state index contributed by atoms with van der Waals surface area (Å²) in [5, 5.41) is 9.38. The number of amides is 1. The van der Waals surface area contributed by atoms with Crippen LogP contribution in [0.1, 0.15) is 62.7 Å². The average molecular weight is 526 g/mol. The molecular formula is C24H39N5O4S2. The van der Waals surface area contributed by atoms with Crippen LogP contribution in [0.4, 0.5) is 0 Å². The number of aryl methyl sites for hydroxylation is 1. The van der Waals surface area contributed by atoms with Gasteiger partial charge in [-0.3, -0.25) is 14.4 Å². The first-order chi connectivity index (χ1) is 16.6. The second kappa shape index (κ2) is 9.96. The number of fused-ring (bicyclic) bond motifs is 1. The number of nitrogens with zero attached hydrogens (tertiary/aromatic N) is 4. The molecule has 9 nitrogen and oxygen atoms in total. The molecule has 2 saturated heterocycles. The molecule has 0 unspecified atom stereocenters. The van der Waals surface area contributed by atoms with Gasteiger partial charge in [0.15, 0.2) is 0 Å². The molecule has 1 aromatic heterocycles. The molecule has 1 saturated carbocycles. The van der Waals surface area contributed by atoms with Crippen molar-refractivity contribution in [1.29, 1.82) is 0 Å². The first-order valence-electron chi connectivity index (χ1n) is 13.0. The third-order valence-electron chi connectivity index (χ3n) is 8.30. The molecule has 35 heavy (non-hydrogen) atoms. The van der Waals surface area contributed by atoms with Gasteiger partial charge in [-0.1, -0.05) is 11.8 Å². The van der Waals surface area contributed by atoms with Crippen LogP contribution in [-0.4, -0.2) is 95.8 Å². The number of piperazine rings is 1. The number of nitrogens with one attached hydrogen (secondary N) is 1. The quantitative estimate of drug-likeness (QED) is 0.628. The fraction of sp³-hybridized carbons (Fsp3) is 0.833.